The lowest BCUT2D eigenvalue weighted by molar-refractivity contribution is 0.628. The first kappa shape index (κ1) is 14.2. The van der Waals surface area contributed by atoms with Gasteiger partial charge in [0.15, 0.2) is 5.69 Å². The summed E-state index contributed by atoms with van der Waals surface area (Å²) in [4.78, 5) is 0. The van der Waals surface area contributed by atoms with Gasteiger partial charge < -0.3 is 0 Å². The van der Waals surface area contributed by atoms with Crippen LogP contribution >= 0.6 is 11.6 Å². The predicted octanol–water partition coefficient (Wildman–Crippen LogP) is 3.91. The molecule has 0 atom stereocenters. The van der Waals surface area contributed by atoms with Crippen molar-refractivity contribution in [2.75, 3.05) is 0 Å². The zero-order chi connectivity index (χ0) is 15.7. The van der Waals surface area contributed by atoms with E-state index in [1.54, 1.807) is 35.0 Å². The number of rotatable bonds is 2. The topological polar surface area (TPSA) is 54.5 Å². The molecule has 0 aliphatic carbocycles. The molecule has 0 N–H and O–H groups in total. The summed E-state index contributed by atoms with van der Waals surface area (Å²) in [5.41, 5.74) is 3.02. The van der Waals surface area contributed by atoms with Crippen LogP contribution in [-0.2, 0) is 0 Å². The number of aromatic nitrogens is 3. The van der Waals surface area contributed by atoms with Gasteiger partial charge in [0.1, 0.15) is 17.6 Å². The lowest BCUT2D eigenvalue weighted by Gasteiger charge is -2.10. The molecule has 0 amide bonds. The first-order chi connectivity index (χ1) is 10.6. The van der Waals surface area contributed by atoms with Crippen molar-refractivity contribution in [3.63, 3.8) is 0 Å². The molecule has 0 saturated carbocycles. The second kappa shape index (κ2) is 5.58. The van der Waals surface area contributed by atoms with E-state index in [4.69, 9.17) is 11.6 Å². The molecule has 0 fully saturated rings. The van der Waals surface area contributed by atoms with Gasteiger partial charge in [-0.3, -0.25) is 0 Å². The van der Waals surface area contributed by atoms with Crippen molar-refractivity contribution >= 4 is 11.6 Å². The summed E-state index contributed by atoms with van der Waals surface area (Å²) in [6.45, 7) is 1.89. The highest BCUT2D eigenvalue weighted by molar-refractivity contribution is 6.30. The molecule has 108 valence electrons. The third-order valence-corrected chi connectivity index (χ3v) is 3.52. The Morgan fingerprint density at radius 3 is 2.55 bits per heavy atom. The van der Waals surface area contributed by atoms with Crippen molar-refractivity contribution in [1.29, 1.82) is 5.26 Å². The van der Waals surface area contributed by atoms with Crippen molar-refractivity contribution in [3.8, 4) is 23.0 Å². The number of aryl methyl sites for hydroxylation is 1. The molecule has 1 heterocycles. The highest BCUT2D eigenvalue weighted by Gasteiger charge is 2.17. The number of halogens is 2. The summed E-state index contributed by atoms with van der Waals surface area (Å²) >= 11 is 5.97. The molecule has 0 saturated heterocycles. The van der Waals surface area contributed by atoms with E-state index in [9.17, 15) is 9.65 Å². The van der Waals surface area contributed by atoms with Crippen LogP contribution in [0, 0.1) is 24.1 Å². The van der Waals surface area contributed by atoms with Crippen LogP contribution in [0.15, 0.2) is 42.5 Å². The average molecular weight is 313 g/mol. The van der Waals surface area contributed by atoms with Gasteiger partial charge in [0.2, 0.25) is 0 Å². The van der Waals surface area contributed by atoms with Gasteiger partial charge in [-0.1, -0.05) is 16.8 Å². The minimum Gasteiger partial charge on any atom is -0.211 e. The first-order valence-electron chi connectivity index (χ1n) is 6.48. The van der Waals surface area contributed by atoms with Crippen molar-refractivity contribution in [3.05, 3.63) is 64.6 Å². The lowest BCUT2D eigenvalue weighted by atomic mass is 10.1. The Morgan fingerprint density at radius 1 is 1.18 bits per heavy atom. The minimum atomic E-state index is -0.344. The molecule has 0 bridgehead atoms. The van der Waals surface area contributed by atoms with Gasteiger partial charge in [0, 0.05) is 10.6 Å². The lowest BCUT2D eigenvalue weighted by Crippen LogP contribution is -2.02. The maximum absolute atomic E-state index is 13.1. The largest absolute Gasteiger partial charge is 0.211 e. The summed E-state index contributed by atoms with van der Waals surface area (Å²) in [7, 11) is 0. The molecule has 0 spiro atoms. The van der Waals surface area contributed by atoms with E-state index in [0.29, 0.717) is 16.3 Å². The fourth-order valence-electron chi connectivity index (χ4n) is 2.25. The normalized spacial score (nSPS) is 10.5. The predicted molar refractivity (Wildman–Crippen MR) is 81.2 cm³/mol. The Labute approximate surface area is 131 Å². The number of benzene rings is 2. The van der Waals surface area contributed by atoms with Crippen LogP contribution in [0.3, 0.4) is 0 Å². The molecule has 0 aliphatic heterocycles. The van der Waals surface area contributed by atoms with Crippen LogP contribution in [0.1, 0.15) is 11.3 Å². The molecule has 0 radical (unpaired) electrons. The molecule has 3 aromatic rings. The first-order valence-corrected chi connectivity index (χ1v) is 6.86. The maximum atomic E-state index is 13.1. The standard InChI is InChI=1S/C16H10ClFN4/c1-10-8-12(17)4-7-15(10)22-16(14(9-19)20-21-22)11-2-5-13(18)6-3-11/h2-8H,1H3. The SMILES string of the molecule is Cc1cc(Cl)ccc1-n1nnc(C#N)c1-c1ccc(F)cc1. The average Bonchev–Trinajstić information content (AvgIpc) is 2.92. The smallest absolute Gasteiger partial charge is 0.191 e. The Balaban J connectivity index is 2.24. The fourth-order valence-corrected chi connectivity index (χ4v) is 2.48. The molecule has 4 nitrogen and oxygen atoms in total. The molecule has 6 heteroatoms. The van der Waals surface area contributed by atoms with Crippen LogP contribution in [-0.4, -0.2) is 15.0 Å². The highest BCUT2D eigenvalue weighted by atomic mass is 35.5. The third kappa shape index (κ3) is 2.45. The summed E-state index contributed by atoms with van der Waals surface area (Å²) in [5.74, 6) is -0.344. The molecule has 22 heavy (non-hydrogen) atoms. The zero-order valence-corrected chi connectivity index (χ0v) is 12.3. The Kier molecular flexibility index (Phi) is 3.61. The van der Waals surface area contributed by atoms with Crippen LogP contribution < -0.4 is 0 Å². The van der Waals surface area contributed by atoms with E-state index < -0.39 is 0 Å². The summed E-state index contributed by atoms with van der Waals surface area (Å²) in [6.07, 6.45) is 0. The van der Waals surface area contributed by atoms with Gasteiger partial charge in [0.25, 0.3) is 0 Å². The van der Waals surface area contributed by atoms with Crippen molar-refractivity contribution in [2.24, 2.45) is 0 Å². The van der Waals surface area contributed by atoms with Crippen LogP contribution in [0.5, 0.6) is 0 Å². The van der Waals surface area contributed by atoms with Crippen molar-refractivity contribution in [2.45, 2.75) is 6.92 Å². The van der Waals surface area contributed by atoms with Crippen LogP contribution in [0.2, 0.25) is 5.02 Å². The van der Waals surface area contributed by atoms with Gasteiger partial charge in [-0.2, -0.15) is 5.26 Å². The van der Waals surface area contributed by atoms with Crippen molar-refractivity contribution < 1.29 is 4.39 Å². The van der Waals surface area contributed by atoms with E-state index in [2.05, 4.69) is 10.3 Å². The molecule has 2 aromatic carbocycles. The minimum absolute atomic E-state index is 0.181. The molecular weight excluding hydrogens is 303 g/mol. The van der Waals surface area contributed by atoms with Gasteiger partial charge >= 0.3 is 0 Å². The monoisotopic (exact) mass is 312 g/mol. The zero-order valence-electron chi connectivity index (χ0n) is 11.6. The van der Waals surface area contributed by atoms with E-state index in [1.165, 1.54) is 12.1 Å². The van der Waals surface area contributed by atoms with Gasteiger partial charge in [-0.25, -0.2) is 9.07 Å². The van der Waals surface area contributed by atoms with Gasteiger partial charge in [-0.15, -0.1) is 5.10 Å². The Morgan fingerprint density at radius 2 is 1.91 bits per heavy atom. The van der Waals surface area contributed by atoms with Crippen LogP contribution in [0.25, 0.3) is 16.9 Å². The summed E-state index contributed by atoms with van der Waals surface area (Å²) < 4.78 is 14.7. The van der Waals surface area contributed by atoms with Gasteiger partial charge in [0.05, 0.1) is 5.69 Å². The van der Waals surface area contributed by atoms with Crippen molar-refractivity contribution in [1.82, 2.24) is 15.0 Å². The van der Waals surface area contributed by atoms with E-state index in [1.807, 2.05) is 13.0 Å². The van der Waals surface area contributed by atoms with Gasteiger partial charge in [-0.05, 0) is 55.0 Å². The number of hydrogen-bond acceptors (Lipinski definition) is 3. The quantitative estimate of drug-likeness (QED) is 0.721. The van der Waals surface area contributed by atoms with E-state index in [-0.39, 0.29) is 11.5 Å². The number of nitrogens with zero attached hydrogens (tertiary/aromatic N) is 4. The molecular formula is C16H10ClFN4. The fraction of sp³-hybridized carbons (Fsp3) is 0.0625. The number of hydrogen-bond donors (Lipinski definition) is 0. The van der Waals surface area contributed by atoms with E-state index in [0.717, 1.165) is 11.3 Å². The second-order valence-electron chi connectivity index (χ2n) is 4.75. The summed E-state index contributed by atoms with van der Waals surface area (Å²) in [6, 6.07) is 13.2. The summed E-state index contributed by atoms with van der Waals surface area (Å²) in [5, 5.41) is 17.8. The van der Waals surface area contributed by atoms with E-state index >= 15 is 0 Å². The molecule has 3 rings (SSSR count). The number of nitriles is 1. The molecule has 0 aliphatic rings. The van der Waals surface area contributed by atoms with Crippen LogP contribution in [0.4, 0.5) is 4.39 Å². The third-order valence-electron chi connectivity index (χ3n) is 3.28. The second-order valence-corrected chi connectivity index (χ2v) is 5.18. The molecule has 1 aromatic heterocycles. The maximum Gasteiger partial charge on any atom is 0.191 e. The Hall–Kier alpha value is -2.71. The highest BCUT2D eigenvalue weighted by Crippen LogP contribution is 2.27. The Bertz CT molecular complexity index is 878. The molecule has 0 unspecified atom stereocenters.